The van der Waals surface area contributed by atoms with Crippen LogP contribution in [-0.2, 0) is 16.1 Å². The van der Waals surface area contributed by atoms with Gasteiger partial charge in [-0.25, -0.2) is 9.78 Å². The number of nitrogens with two attached hydrogens (primary N) is 1. The summed E-state index contributed by atoms with van der Waals surface area (Å²) in [5.41, 5.74) is 5.05. The van der Waals surface area contributed by atoms with E-state index in [1.165, 1.54) is 0 Å². The highest BCUT2D eigenvalue weighted by atomic mass is 19.4. The Labute approximate surface area is 99.9 Å². The summed E-state index contributed by atoms with van der Waals surface area (Å²) in [4.78, 5) is 14.9. The van der Waals surface area contributed by atoms with Crippen molar-refractivity contribution >= 4 is 11.9 Å². The van der Waals surface area contributed by atoms with E-state index in [1.807, 2.05) is 0 Å². The molecule has 0 aliphatic rings. The first-order chi connectivity index (χ1) is 8.33. The molecule has 0 spiro atoms. The van der Waals surface area contributed by atoms with Crippen molar-refractivity contribution in [3.05, 3.63) is 11.6 Å². The number of carbonyl (C=O) groups excluding carboxylic acids is 1. The van der Waals surface area contributed by atoms with Crippen molar-refractivity contribution in [1.29, 1.82) is 0 Å². The zero-order chi connectivity index (χ0) is 13.8. The Morgan fingerprint density at radius 3 is 2.72 bits per heavy atom. The molecule has 2 N–H and O–H groups in total. The number of hydrogen-bond acceptors (Lipinski definition) is 6. The molecule has 1 aromatic rings. The maximum absolute atomic E-state index is 11.8. The Bertz CT molecular complexity index is 416. The maximum atomic E-state index is 11.8. The van der Waals surface area contributed by atoms with Crippen LogP contribution >= 0.6 is 0 Å². The molecule has 9 heteroatoms. The van der Waals surface area contributed by atoms with Gasteiger partial charge in [-0.1, -0.05) is 0 Å². The zero-order valence-corrected chi connectivity index (χ0v) is 9.41. The zero-order valence-electron chi connectivity index (χ0n) is 9.41. The summed E-state index contributed by atoms with van der Waals surface area (Å²) in [5.74, 6) is -1.35. The number of rotatable bonds is 5. The molecule has 0 radical (unpaired) electrons. The third-order valence-electron chi connectivity index (χ3n) is 1.66. The largest absolute Gasteiger partial charge is 0.461 e. The van der Waals surface area contributed by atoms with Crippen LogP contribution < -0.4 is 5.73 Å². The van der Waals surface area contributed by atoms with Crippen LogP contribution in [0.4, 0.5) is 19.1 Å². The number of hydrogen-bond donors (Lipinski definition) is 1. The van der Waals surface area contributed by atoms with Crippen LogP contribution in [0.15, 0.2) is 4.42 Å². The number of nitrogens with zero attached hydrogens (tertiary/aromatic N) is 1. The van der Waals surface area contributed by atoms with E-state index in [-0.39, 0.29) is 24.1 Å². The lowest BCUT2D eigenvalue weighted by molar-refractivity contribution is -0.177. The van der Waals surface area contributed by atoms with Gasteiger partial charge in [-0.3, -0.25) is 0 Å². The number of aromatic nitrogens is 1. The summed E-state index contributed by atoms with van der Waals surface area (Å²) in [7, 11) is 0. The maximum Gasteiger partial charge on any atom is 0.411 e. The number of oxazole rings is 1. The van der Waals surface area contributed by atoms with Crippen molar-refractivity contribution in [2.45, 2.75) is 19.7 Å². The molecule has 0 fully saturated rings. The Kier molecular flexibility index (Phi) is 4.54. The number of carbonyl (C=O) groups is 1. The van der Waals surface area contributed by atoms with E-state index in [9.17, 15) is 18.0 Å². The first-order valence-corrected chi connectivity index (χ1v) is 4.90. The highest BCUT2D eigenvalue weighted by Crippen LogP contribution is 2.18. The van der Waals surface area contributed by atoms with E-state index in [1.54, 1.807) is 6.92 Å². The van der Waals surface area contributed by atoms with E-state index >= 15 is 0 Å². The lowest BCUT2D eigenvalue weighted by atomic mass is 10.4. The number of nitrogen functional groups attached to an aromatic ring is 1. The van der Waals surface area contributed by atoms with Crippen molar-refractivity contribution in [1.82, 2.24) is 4.98 Å². The Hall–Kier alpha value is -1.77. The predicted molar refractivity (Wildman–Crippen MR) is 52.6 cm³/mol. The molecule has 1 aromatic heterocycles. The minimum atomic E-state index is -4.44. The minimum Gasteiger partial charge on any atom is -0.461 e. The minimum absolute atomic E-state index is 0.116. The fourth-order valence-corrected chi connectivity index (χ4v) is 1.04. The van der Waals surface area contributed by atoms with Gasteiger partial charge in [-0.05, 0) is 6.92 Å². The first-order valence-electron chi connectivity index (χ1n) is 4.90. The topological polar surface area (TPSA) is 87.6 Å². The number of anilines is 1. The van der Waals surface area contributed by atoms with Gasteiger partial charge in [-0.15, -0.1) is 0 Å². The van der Waals surface area contributed by atoms with E-state index in [2.05, 4.69) is 14.5 Å². The monoisotopic (exact) mass is 268 g/mol. The van der Waals surface area contributed by atoms with Gasteiger partial charge in [0.1, 0.15) is 13.2 Å². The van der Waals surface area contributed by atoms with Gasteiger partial charge in [0.15, 0.2) is 0 Å². The van der Waals surface area contributed by atoms with Crippen LogP contribution in [0.25, 0.3) is 0 Å². The molecule has 0 aromatic carbocycles. The standard InChI is InChI=1S/C9H11F3N2O4/c1-2-17-8(15)6-7(13)18-5(14-6)3-16-4-9(10,11)12/h2-4,13H2,1H3. The quantitative estimate of drug-likeness (QED) is 0.814. The second-order valence-corrected chi connectivity index (χ2v) is 3.15. The lowest BCUT2D eigenvalue weighted by Crippen LogP contribution is -2.16. The third kappa shape index (κ3) is 4.24. The summed E-state index contributed by atoms with van der Waals surface area (Å²) >= 11 is 0. The van der Waals surface area contributed by atoms with Crippen LogP contribution in [0, 0.1) is 0 Å². The summed E-state index contributed by atoms with van der Waals surface area (Å²) in [6.45, 7) is -0.278. The Morgan fingerprint density at radius 2 is 2.17 bits per heavy atom. The van der Waals surface area contributed by atoms with Gasteiger partial charge in [-0.2, -0.15) is 13.2 Å². The van der Waals surface area contributed by atoms with Crippen molar-refractivity contribution in [3.63, 3.8) is 0 Å². The second-order valence-electron chi connectivity index (χ2n) is 3.15. The second kappa shape index (κ2) is 5.71. The molecule has 0 aliphatic heterocycles. The molecule has 0 unspecified atom stereocenters. The summed E-state index contributed by atoms with van der Waals surface area (Å²) in [6.07, 6.45) is -4.44. The van der Waals surface area contributed by atoms with Gasteiger partial charge >= 0.3 is 12.1 Å². The number of alkyl halides is 3. The lowest BCUT2D eigenvalue weighted by Gasteiger charge is -2.04. The van der Waals surface area contributed by atoms with E-state index in [0.29, 0.717) is 0 Å². The first kappa shape index (κ1) is 14.3. The molecule has 1 rings (SSSR count). The van der Waals surface area contributed by atoms with Gasteiger partial charge in [0.2, 0.25) is 17.5 Å². The van der Waals surface area contributed by atoms with Gasteiger partial charge in [0.05, 0.1) is 6.61 Å². The van der Waals surface area contributed by atoms with E-state index in [4.69, 9.17) is 10.2 Å². The molecule has 0 amide bonds. The molecular weight excluding hydrogens is 257 g/mol. The fourth-order valence-electron chi connectivity index (χ4n) is 1.04. The highest BCUT2D eigenvalue weighted by molar-refractivity contribution is 5.91. The van der Waals surface area contributed by atoms with Gasteiger partial charge < -0.3 is 19.6 Å². The van der Waals surface area contributed by atoms with Crippen LogP contribution in [-0.4, -0.2) is 30.3 Å². The van der Waals surface area contributed by atoms with Crippen molar-refractivity contribution in [3.8, 4) is 0 Å². The molecule has 0 saturated carbocycles. The molecule has 0 saturated heterocycles. The normalized spacial score (nSPS) is 11.6. The summed E-state index contributed by atoms with van der Waals surface area (Å²) in [5, 5.41) is 0. The number of halogens is 3. The van der Waals surface area contributed by atoms with Crippen molar-refractivity contribution < 1.29 is 31.9 Å². The highest BCUT2D eigenvalue weighted by Gasteiger charge is 2.28. The molecule has 0 atom stereocenters. The van der Waals surface area contributed by atoms with Crippen LogP contribution in [0.5, 0.6) is 0 Å². The molecule has 0 bridgehead atoms. The third-order valence-corrected chi connectivity index (χ3v) is 1.66. The van der Waals surface area contributed by atoms with Crippen molar-refractivity contribution in [2.75, 3.05) is 18.9 Å². The average Bonchev–Trinajstić information content (AvgIpc) is 2.58. The summed E-state index contributed by atoms with van der Waals surface area (Å²) < 4.78 is 49.1. The SMILES string of the molecule is CCOC(=O)c1nc(COCC(F)(F)F)oc1N. The fraction of sp³-hybridized carbons (Fsp3) is 0.556. The molecule has 6 nitrogen and oxygen atoms in total. The number of ether oxygens (including phenoxy) is 2. The molecule has 102 valence electrons. The Balaban J connectivity index is 2.59. The van der Waals surface area contributed by atoms with Crippen molar-refractivity contribution in [2.24, 2.45) is 0 Å². The van der Waals surface area contributed by atoms with Crippen LogP contribution in [0.3, 0.4) is 0 Å². The average molecular weight is 268 g/mol. The smallest absolute Gasteiger partial charge is 0.411 e. The molecule has 1 heterocycles. The molecule has 0 aliphatic carbocycles. The van der Waals surface area contributed by atoms with Crippen LogP contribution in [0.1, 0.15) is 23.3 Å². The molecule has 18 heavy (non-hydrogen) atoms. The Morgan fingerprint density at radius 1 is 1.50 bits per heavy atom. The van der Waals surface area contributed by atoms with E-state index in [0.717, 1.165) is 0 Å². The predicted octanol–water partition coefficient (Wildman–Crippen LogP) is 1.51. The van der Waals surface area contributed by atoms with Crippen LogP contribution in [0.2, 0.25) is 0 Å². The summed E-state index contributed by atoms with van der Waals surface area (Å²) in [6, 6.07) is 0. The molecular formula is C9H11F3N2O4. The van der Waals surface area contributed by atoms with Gasteiger partial charge in [0, 0.05) is 0 Å². The van der Waals surface area contributed by atoms with Gasteiger partial charge in [0.25, 0.3) is 0 Å². The van der Waals surface area contributed by atoms with E-state index < -0.39 is 25.4 Å². The number of esters is 1.